The van der Waals surface area contributed by atoms with E-state index < -0.39 is 69.0 Å². The molecule has 118 valence electrons. The van der Waals surface area contributed by atoms with Crippen molar-refractivity contribution in [2.45, 2.75) is 0 Å². The number of phenols is 4. The van der Waals surface area contributed by atoms with Gasteiger partial charge in [0, 0.05) is 0 Å². The SMILES string of the molecule is Oc1c(F)c(O)c(-c2c(O)c(F)c(F)c(F)c2F)c(O)c1F. The second-order valence-corrected chi connectivity index (χ2v) is 4.03. The van der Waals surface area contributed by atoms with Crippen molar-refractivity contribution in [3.05, 3.63) is 34.9 Å². The van der Waals surface area contributed by atoms with E-state index in [4.69, 9.17) is 5.11 Å². The normalized spacial score (nSPS) is 11.0. The number of halogens is 6. The third kappa shape index (κ3) is 1.87. The maximum absolute atomic E-state index is 13.6. The summed E-state index contributed by atoms with van der Waals surface area (Å²) in [7, 11) is 0. The van der Waals surface area contributed by atoms with Crippen LogP contribution in [0.25, 0.3) is 11.1 Å². The summed E-state index contributed by atoms with van der Waals surface area (Å²) in [5, 5.41) is 36.9. The molecular weight excluding hydrogens is 322 g/mol. The van der Waals surface area contributed by atoms with E-state index in [1.807, 2.05) is 0 Å². The van der Waals surface area contributed by atoms with Crippen LogP contribution < -0.4 is 0 Å². The summed E-state index contributed by atoms with van der Waals surface area (Å²) >= 11 is 0. The van der Waals surface area contributed by atoms with Crippen LogP contribution in [0.5, 0.6) is 23.0 Å². The molecule has 22 heavy (non-hydrogen) atoms. The number of benzene rings is 2. The fourth-order valence-electron chi connectivity index (χ4n) is 1.74. The highest BCUT2D eigenvalue weighted by molar-refractivity contribution is 5.82. The lowest BCUT2D eigenvalue weighted by Crippen LogP contribution is -2.01. The maximum Gasteiger partial charge on any atom is 0.210 e. The van der Waals surface area contributed by atoms with Gasteiger partial charge in [0.15, 0.2) is 34.6 Å². The number of aromatic hydroxyl groups is 4. The lowest BCUT2D eigenvalue weighted by atomic mass is 9.99. The monoisotopic (exact) mass is 326 g/mol. The molecule has 0 atom stereocenters. The van der Waals surface area contributed by atoms with E-state index in [1.165, 1.54) is 0 Å². The number of hydrogen-bond donors (Lipinski definition) is 4. The van der Waals surface area contributed by atoms with Crippen molar-refractivity contribution in [2.75, 3.05) is 0 Å². The van der Waals surface area contributed by atoms with E-state index in [9.17, 15) is 41.7 Å². The van der Waals surface area contributed by atoms with Crippen molar-refractivity contribution >= 4 is 0 Å². The largest absolute Gasteiger partial charge is 0.504 e. The Hall–Kier alpha value is -2.78. The quantitative estimate of drug-likeness (QED) is 0.369. The van der Waals surface area contributed by atoms with E-state index in [0.29, 0.717) is 0 Å². The molecule has 0 aliphatic rings. The topological polar surface area (TPSA) is 80.9 Å². The molecule has 4 N–H and O–H groups in total. The first-order valence-corrected chi connectivity index (χ1v) is 5.28. The minimum atomic E-state index is -2.46. The molecule has 2 rings (SSSR count). The predicted octanol–water partition coefficient (Wildman–Crippen LogP) is 3.01. The molecule has 0 amide bonds. The van der Waals surface area contributed by atoms with Gasteiger partial charge < -0.3 is 20.4 Å². The summed E-state index contributed by atoms with van der Waals surface area (Å²) in [4.78, 5) is 0. The molecule has 0 bridgehead atoms. The van der Waals surface area contributed by atoms with Gasteiger partial charge in [-0.3, -0.25) is 0 Å². The van der Waals surface area contributed by atoms with Crippen molar-refractivity contribution in [3.8, 4) is 34.1 Å². The van der Waals surface area contributed by atoms with Crippen molar-refractivity contribution in [1.82, 2.24) is 0 Å². The van der Waals surface area contributed by atoms with Crippen LogP contribution in [-0.2, 0) is 0 Å². The zero-order valence-electron chi connectivity index (χ0n) is 10.1. The Morgan fingerprint density at radius 3 is 1.18 bits per heavy atom. The maximum atomic E-state index is 13.6. The number of phenolic OH excluding ortho intramolecular Hbond substituents is 4. The van der Waals surface area contributed by atoms with Crippen LogP contribution >= 0.6 is 0 Å². The van der Waals surface area contributed by atoms with Crippen molar-refractivity contribution in [1.29, 1.82) is 0 Å². The molecule has 2 aromatic carbocycles. The van der Waals surface area contributed by atoms with Gasteiger partial charge in [0.05, 0.1) is 11.1 Å². The lowest BCUT2D eigenvalue weighted by molar-refractivity contribution is 0.342. The highest BCUT2D eigenvalue weighted by Gasteiger charge is 2.33. The average Bonchev–Trinajstić information content (AvgIpc) is 2.50. The van der Waals surface area contributed by atoms with Crippen LogP contribution in [0, 0.1) is 34.9 Å². The molecule has 0 fully saturated rings. The molecule has 0 aliphatic carbocycles. The van der Waals surface area contributed by atoms with Crippen molar-refractivity contribution in [3.63, 3.8) is 0 Å². The Morgan fingerprint density at radius 2 is 0.727 bits per heavy atom. The number of hydrogen-bond acceptors (Lipinski definition) is 4. The Morgan fingerprint density at radius 1 is 0.364 bits per heavy atom. The first-order valence-electron chi connectivity index (χ1n) is 5.28. The van der Waals surface area contributed by atoms with E-state index in [1.54, 1.807) is 0 Å². The third-order valence-electron chi connectivity index (χ3n) is 2.80. The van der Waals surface area contributed by atoms with Crippen LogP contribution in [0.15, 0.2) is 0 Å². The van der Waals surface area contributed by atoms with Gasteiger partial charge in [0.25, 0.3) is 0 Å². The average molecular weight is 326 g/mol. The van der Waals surface area contributed by atoms with E-state index in [-0.39, 0.29) is 0 Å². The van der Waals surface area contributed by atoms with Crippen molar-refractivity contribution in [2.24, 2.45) is 0 Å². The standard InChI is InChI=1S/C12H4F6O4/c13-3-1(9(19)6(16)5(15)4(3)14)2-10(20)7(17)12(22)8(18)11(2)21/h19-22H. The molecule has 0 aliphatic heterocycles. The molecule has 10 heteroatoms. The van der Waals surface area contributed by atoms with Gasteiger partial charge in [-0.2, -0.15) is 13.2 Å². The molecule has 0 saturated carbocycles. The highest BCUT2D eigenvalue weighted by Crippen LogP contribution is 2.49. The van der Waals surface area contributed by atoms with Crippen LogP contribution in [0.1, 0.15) is 0 Å². The van der Waals surface area contributed by atoms with Gasteiger partial charge in [0.1, 0.15) is 0 Å². The van der Waals surface area contributed by atoms with Crippen LogP contribution in [0.2, 0.25) is 0 Å². The molecule has 0 heterocycles. The van der Waals surface area contributed by atoms with Crippen LogP contribution in [-0.4, -0.2) is 20.4 Å². The molecule has 2 aromatic rings. The first kappa shape index (κ1) is 15.6. The number of rotatable bonds is 1. The van der Waals surface area contributed by atoms with Gasteiger partial charge in [0.2, 0.25) is 23.3 Å². The third-order valence-corrected chi connectivity index (χ3v) is 2.80. The molecule has 0 radical (unpaired) electrons. The van der Waals surface area contributed by atoms with Gasteiger partial charge in [-0.05, 0) is 0 Å². The molecule has 4 nitrogen and oxygen atoms in total. The van der Waals surface area contributed by atoms with Gasteiger partial charge in [-0.25, -0.2) is 13.2 Å². The molecule has 0 unspecified atom stereocenters. The summed E-state index contributed by atoms with van der Waals surface area (Å²) in [6, 6.07) is 0. The Bertz CT molecular complexity index is 680. The lowest BCUT2D eigenvalue weighted by Gasteiger charge is -2.14. The molecule has 0 aromatic heterocycles. The summed E-state index contributed by atoms with van der Waals surface area (Å²) in [5.41, 5.74) is -3.34. The molecule has 0 spiro atoms. The molecule has 0 saturated heterocycles. The molecular formula is C12H4F6O4. The Balaban J connectivity index is 3.03. The predicted molar refractivity (Wildman–Crippen MR) is 58.3 cm³/mol. The minimum absolute atomic E-state index is 1.61. The van der Waals surface area contributed by atoms with Crippen molar-refractivity contribution < 1.29 is 46.8 Å². The summed E-state index contributed by atoms with van der Waals surface area (Å²) in [5.74, 6) is -21.2. The van der Waals surface area contributed by atoms with Gasteiger partial charge >= 0.3 is 0 Å². The smallest absolute Gasteiger partial charge is 0.210 e. The van der Waals surface area contributed by atoms with E-state index in [2.05, 4.69) is 0 Å². The second-order valence-electron chi connectivity index (χ2n) is 4.03. The second kappa shape index (κ2) is 4.90. The Kier molecular flexibility index (Phi) is 3.47. The summed E-state index contributed by atoms with van der Waals surface area (Å²) < 4.78 is 79.6. The first-order chi connectivity index (χ1) is 10.1. The van der Waals surface area contributed by atoms with E-state index in [0.717, 1.165) is 0 Å². The fraction of sp³-hybridized carbons (Fsp3) is 0. The Labute approximate surface area is 117 Å². The highest BCUT2D eigenvalue weighted by atomic mass is 19.2. The van der Waals surface area contributed by atoms with E-state index >= 15 is 0 Å². The van der Waals surface area contributed by atoms with Crippen LogP contribution in [0.3, 0.4) is 0 Å². The van der Waals surface area contributed by atoms with Gasteiger partial charge in [-0.1, -0.05) is 0 Å². The van der Waals surface area contributed by atoms with Gasteiger partial charge in [-0.15, -0.1) is 0 Å². The minimum Gasteiger partial charge on any atom is -0.504 e. The zero-order chi connectivity index (χ0) is 16.9. The fourth-order valence-corrected chi connectivity index (χ4v) is 1.74. The summed E-state index contributed by atoms with van der Waals surface area (Å²) in [6.07, 6.45) is 0. The summed E-state index contributed by atoms with van der Waals surface area (Å²) in [6.45, 7) is 0. The zero-order valence-corrected chi connectivity index (χ0v) is 10.1. The van der Waals surface area contributed by atoms with Crippen LogP contribution in [0.4, 0.5) is 26.3 Å².